The maximum atomic E-state index is 12.9. The first-order chi connectivity index (χ1) is 9.15. The van der Waals surface area contributed by atoms with E-state index in [9.17, 15) is 9.18 Å². The van der Waals surface area contributed by atoms with Gasteiger partial charge in [-0.25, -0.2) is 9.37 Å². The van der Waals surface area contributed by atoms with E-state index in [0.717, 1.165) is 0 Å². The molecule has 0 radical (unpaired) electrons. The van der Waals surface area contributed by atoms with Crippen molar-refractivity contribution in [1.29, 1.82) is 0 Å². The molecule has 0 fully saturated rings. The highest BCUT2D eigenvalue weighted by Crippen LogP contribution is 2.17. The molecule has 5 heteroatoms. The fourth-order valence-corrected chi connectivity index (χ4v) is 1.60. The molecule has 1 aromatic heterocycles. The fourth-order valence-electron chi connectivity index (χ4n) is 1.44. The van der Waals surface area contributed by atoms with Gasteiger partial charge in [0.15, 0.2) is 5.15 Å². The Labute approximate surface area is 114 Å². The average Bonchev–Trinajstić information content (AvgIpc) is 2.39. The predicted octanol–water partition coefficient (Wildman–Crippen LogP) is 3.53. The second kappa shape index (κ2) is 6.11. The maximum absolute atomic E-state index is 12.9. The molecule has 0 aliphatic rings. The molecule has 19 heavy (non-hydrogen) atoms. The Morgan fingerprint density at radius 3 is 2.89 bits per heavy atom. The molecular weight excluding hydrogens is 267 g/mol. The number of amides is 1. The lowest BCUT2D eigenvalue weighted by Crippen LogP contribution is -2.08. The first-order valence-electron chi connectivity index (χ1n) is 5.50. The SMILES string of the molecule is O=C(/C=C/c1cccc(F)c1)Nc1cccnc1Cl. The van der Waals surface area contributed by atoms with Crippen LogP contribution in [-0.2, 0) is 4.79 Å². The van der Waals surface area contributed by atoms with E-state index < -0.39 is 0 Å². The summed E-state index contributed by atoms with van der Waals surface area (Å²) in [5.74, 6) is -0.711. The van der Waals surface area contributed by atoms with Gasteiger partial charge in [-0.15, -0.1) is 0 Å². The Hall–Kier alpha value is -2.20. The van der Waals surface area contributed by atoms with Gasteiger partial charge in [-0.2, -0.15) is 0 Å². The second-order valence-corrected chi connectivity index (χ2v) is 4.08. The number of hydrogen-bond acceptors (Lipinski definition) is 2. The standard InChI is InChI=1S/C14H10ClFN2O/c15-14-12(5-2-8-17-14)18-13(19)7-6-10-3-1-4-11(16)9-10/h1-9H,(H,18,19)/b7-6+. The van der Waals surface area contributed by atoms with Crippen LogP contribution < -0.4 is 5.32 Å². The van der Waals surface area contributed by atoms with Crippen molar-refractivity contribution in [2.24, 2.45) is 0 Å². The second-order valence-electron chi connectivity index (χ2n) is 3.72. The zero-order chi connectivity index (χ0) is 13.7. The largest absolute Gasteiger partial charge is 0.320 e. The molecule has 0 spiro atoms. The van der Waals surface area contributed by atoms with Gasteiger partial charge in [0.05, 0.1) is 5.69 Å². The number of benzene rings is 1. The molecule has 1 amide bonds. The summed E-state index contributed by atoms with van der Waals surface area (Å²) < 4.78 is 12.9. The third kappa shape index (κ3) is 3.89. The number of aromatic nitrogens is 1. The molecule has 0 atom stereocenters. The number of anilines is 1. The fraction of sp³-hybridized carbons (Fsp3) is 0. The molecule has 0 bridgehead atoms. The van der Waals surface area contributed by atoms with Crippen LogP contribution in [0.25, 0.3) is 6.08 Å². The van der Waals surface area contributed by atoms with Crippen molar-refractivity contribution in [3.63, 3.8) is 0 Å². The minimum atomic E-state index is -0.362. The topological polar surface area (TPSA) is 42.0 Å². The van der Waals surface area contributed by atoms with E-state index in [1.807, 2.05) is 0 Å². The zero-order valence-corrected chi connectivity index (χ0v) is 10.6. The molecular formula is C14H10ClFN2O. The molecule has 3 nitrogen and oxygen atoms in total. The highest BCUT2D eigenvalue weighted by molar-refractivity contribution is 6.32. The summed E-state index contributed by atoms with van der Waals surface area (Å²) in [5.41, 5.74) is 1.03. The van der Waals surface area contributed by atoms with Crippen LogP contribution in [0, 0.1) is 5.82 Å². The van der Waals surface area contributed by atoms with Crippen molar-refractivity contribution < 1.29 is 9.18 Å². The molecule has 1 N–H and O–H groups in total. The molecule has 0 aliphatic heterocycles. The van der Waals surface area contributed by atoms with E-state index in [4.69, 9.17) is 11.6 Å². The van der Waals surface area contributed by atoms with Gasteiger partial charge in [-0.3, -0.25) is 4.79 Å². The summed E-state index contributed by atoms with van der Waals surface area (Å²) in [6.07, 6.45) is 4.35. The van der Waals surface area contributed by atoms with Gasteiger partial charge >= 0.3 is 0 Å². The van der Waals surface area contributed by atoms with Crippen LogP contribution in [-0.4, -0.2) is 10.9 Å². The lowest BCUT2D eigenvalue weighted by molar-refractivity contribution is -0.111. The first kappa shape index (κ1) is 13.2. The molecule has 0 aliphatic carbocycles. The van der Waals surface area contributed by atoms with E-state index in [1.165, 1.54) is 30.5 Å². The van der Waals surface area contributed by atoms with Gasteiger partial charge in [-0.05, 0) is 35.9 Å². The Morgan fingerprint density at radius 1 is 1.32 bits per heavy atom. The molecule has 2 rings (SSSR count). The van der Waals surface area contributed by atoms with Gasteiger partial charge in [0.1, 0.15) is 5.82 Å². The summed E-state index contributed by atoms with van der Waals surface area (Å²) >= 11 is 5.81. The minimum absolute atomic E-state index is 0.218. The lowest BCUT2D eigenvalue weighted by Gasteiger charge is -2.02. The lowest BCUT2D eigenvalue weighted by atomic mass is 10.2. The summed E-state index contributed by atoms with van der Waals surface area (Å²) in [6, 6.07) is 9.25. The van der Waals surface area contributed by atoms with Crippen molar-refractivity contribution >= 4 is 29.3 Å². The van der Waals surface area contributed by atoms with E-state index in [-0.39, 0.29) is 16.9 Å². The predicted molar refractivity (Wildman–Crippen MR) is 73.3 cm³/mol. The van der Waals surface area contributed by atoms with Crippen molar-refractivity contribution in [3.8, 4) is 0 Å². The van der Waals surface area contributed by atoms with E-state index >= 15 is 0 Å². The molecule has 1 heterocycles. The molecule has 0 unspecified atom stereocenters. The van der Waals surface area contributed by atoms with Crippen LogP contribution in [0.5, 0.6) is 0 Å². The van der Waals surface area contributed by atoms with Crippen LogP contribution >= 0.6 is 11.6 Å². The van der Waals surface area contributed by atoms with Crippen LogP contribution in [0.2, 0.25) is 5.15 Å². The van der Waals surface area contributed by atoms with Crippen LogP contribution in [0.1, 0.15) is 5.56 Å². The number of carbonyl (C=O) groups is 1. The molecule has 2 aromatic rings. The van der Waals surface area contributed by atoms with Gasteiger partial charge in [0.2, 0.25) is 5.91 Å². The van der Waals surface area contributed by atoms with E-state index in [2.05, 4.69) is 10.3 Å². The first-order valence-corrected chi connectivity index (χ1v) is 5.88. The zero-order valence-electron chi connectivity index (χ0n) is 9.81. The number of hydrogen-bond donors (Lipinski definition) is 1. The molecule has 0 saturated carbocycles. The molecule has 96 valence electrons. The summed E-state index contributed by atoms with van der Waals surface area (Å²) in [4.78, 5) is 15.5. The number of nitrogens with zero attached hydrogens (tertiary/aromatic N) is 1. The van der Waals surface area contributed by atoms with Crippen molar-refractivity contribution in [2.45, 2.75) is 0 Å². The Bertz CT molecular complexity index is 628. The Balaban J connectivity index is 2.04. The monoisotopic (exact) mass is 276 g/mol. The summed E-state index contributed by atoms with van der Waals surface area (Å²) in [7, 11) is 0. The van der Waals surface area contributed by atoms with E-state index in [1.54, 1.807) is 24.3 Å². The highest BCUT2D eigenvalue weighted by atomic mass is 35.5. The van der Waals surface area contributed by atoms with Crippen molar-refractivity contribution in [2.75, 3.05) is 5.32 Å². The quantitative estimate of drug-likeness (QED) is 0.688. The van der Waals surface area contributed by atoms with Gasteiger partial charge in [0.25, 0.3) is 0 Å². The van der Waals surface area contributed by atoms with Crippen molar-refractivity contribution in [1.82, 2.24) is 4.98 Å². The molecule has 0 saturated heterocycles. The Morgan fingerprint density at radius 2 is 2.16 bits per heavy atom. The average molecular weight is 277 g/mol. The molecule has 1 aromatic carbocycles. The maximum Gasteiger partial charge on any atom is 0.248 e. The minimum Gasteiger partial charge on any atom is -0.320 e. The number of rotatable bonds is 3. The van der Waals surface area contributed by atoms with E-state index in [0.29, 0.717) is 11.3 Å². The van der Waals surface area contributed by atoms with Crippen LogP contribution in [0.15, 0.2) is 48.7 Å². The van der Waals surface area contributed by atoms with Crippen LogP contribution in [0.3, 0.4) is 0 Å². The highest BCUT2D eigenvalue weighted by Gasteiger charge is 2.02. The number of pyridine rings is 1. The van der Waals surface area contributed by atoms with Crippen molar-refractivity contribution in [3.05, 3.63) is 65.2 Å². The van der Waals surface area contributed by atoms with Gasteiger partial charge in [-0.1, -0.05) is 23.7 Å². The van der Waals surface area contributed by atoms with Gasteiger partial charge in [0, 0.05) is 12.3 Å². The number of nitrogens with one attached hydrogen (secondary N) is 1. The third-order valence-electron chi connectivity index (χ3n) is 2.29. The normalized spacial score (nSPS) is 10.6. The summed E-state index contributed by atoms with van der Waals surface area (Å²) in [6.45, 7) is 0. The number of carbonyl (C=O) groups excluding carboxylic acids is 1. The Kier molecular flexibility index (Phi) is 4.26. The smallest absolute Gasteiger partial charge is 0.248 e. The third-order valence-corrected chi connectivity index (χ3v) is 2.59. The summed E-state index contributed by atoms with van der Waals surface area (Å²) in [5, 5.41) is 2.80. The van der Waals surface area contributed by atoms with Gasteiger partial charge < -0.3 is 5.32 Å². The van der Waals surface area contributed by atoms with Crippen LogP contribution in [0.4, 0.5) is 10.1 Å². The number of halogens is 2.